The number of carboxylic acid groups (broad SMARTS) is 1. The van der Waals surface area contributed by atoms with Crippen LogP contribution in [-0.2, 0) is 7.05 Å². The Kier molecular flexibility index (Phi) is 3.22. The van der Waals surface area contributed by atoms with Gasteiger partial charge in [0.25, 0.3) is 0 Å². The van der Waals surface area contributed by atoms with E-state index in [4.69, 9.17) is 0 Å². The van der Waals surface area contributed by atoms with Gasteiger partial charge in [-0.2, -0.15) is 0 Å². The van der Waals surface area contributed by atoms with E-state index in [1.807, 2.05) is 0 Å². The zero-order chi connectivity index (χ0) is 15.0. The van der Waals surface area contributed by atoms with Gasteiger partial charge in [0, 0.05) is 12.4 Å². The summed E-state index contributed by atoms with van der Waals surface area (Å²) in [5.41, 5.74) is 0.417. The number of H-pyrrole nitrogens is 1. The standard InChI is InChI=1S/C13H10N4O3S/c1-17-12(20)15-16-13(17)21-10-6-8(11(18)19)7-4-2-3-5-9(7)14-10/h2-6H,1H3,(H,15,20)(H,18,19). The van der Waals surface area contributed by atoms with Crippen LogP contribution in [0.5, 0.6) is 0 Å². The highest BCUT2D eigenvalue weighted by Gasteiger charge is 2.14. The summed E-state index contributed by atoms with van der Waals surface area (Å²) in [4.78, 5) is 27.1. The van der Waals surface area contributed by atoms with E-state index in [2.05, 4.69) is 15.2 Å². The van der Waals surface area contributed by atoms with E-state index in [0.717, 1.165) is 11.8 Å². The molecule has 1 aromatic carbocycles. The van der Waals surface area contributed by atoms with Crippen molar-refractivity contribution in [3.05, 3.63) is 46.4 Å². The molecule has 106 valence electrons. The minimum absolute atomic E-state index is 0.170. The first-order chi connectivity index (χ1) is 10.1. The number of nitrogens with one attached hydrogen (secondary N) is 1. The third-order valence-electron chi connectivity index (χ3n) is 2.96. The molecule has 8 heteroatoms. The SMILES string of the molecule is Cn1c(Sc2cc(C(=O)O)c3ccccc3n2)n[nH]c1=O. The number of hydrogen-bond acceptors (Lipinski definition) is 5. The van der Waals surface area contributed by atoms with E-state index >= 15 is 0 Å². The van der Waals surface area contributed by atoms with Crippen molar-refractivity contribution in [1.29, 1.82) is 0 Å². The Labute approximate surface area is 122 Å². The molecule has 0 aliphatic carbocycles. The van der Waals surface area contributed by atoms with E-state index in [0.29, 0.717) is 21.1 Å². The summed E-state index contributed by atoms with van der Waals surface area (Å²) in [6.07, 6.45) is 0. The third-order valence-corrected chi connectivity index (χ3v) is 3.92. The van der Waals surface area contributed by atoms with Crippen LogP contribution in [0, 0.1) is 0 Å². The molecule has 0 aliphatic rings. The van der Waals surface area contributed by atoms with Crippen molar-refractivity contribution in [3.8, 4) is 0 Å². The molecule has 0 fully saturated rings. The van der Waals surface area contributed by atoms with Gasteiger partial charge in [-0.1, -0.05) is 18.2 Å². The predicted octanol–water partition coefficient (Wildman–Crippen LogP) is 1.51. The van der Waals surface area contributed by atoms with E-state index in [1.165, 1.54) is 10.6 Å². The lowest BCUT2D eigenvalue weighted by Gasteiger charge is -2.05. The zero-order valence-corrected chi connectivity index (χ0v) is 11.7. The van der Waals surface area contributed by atoms with Crippen molar-refractivity contribution in [2.24, 2.45) is 7.05 Å². The first-order valence-corrected chi connectivity index (χ1v) is 6.80. The first kappa shape index (κ1) is 13.4. The number of carbonyl (C=O) groups is 1. The molecule has 3 rings (SSSR count). The number of benzene rings is 1. The molecule has 0 radical (unpaired) electrons. The fourth-order valence-corrected chi connectivity index (χ4v) is 2.72. The molecule has 0 aliphatic heterocycles. The van der Waals surface area contributed by atoms with Gasteiger partial charge in [-0.05, 0) is 23.9 Å². The lowest BCUT2D eigenvalue weighted by Crippen LogP contribution is -2.12. The molecule has 2 heterocycles. The fraction of sp³-hybridized carbons (Fsp3) is 0.0769. The summed E-state index contributed by atoms with van der Waals surface area (Å²) in [6, 6.07) is 8.49. The topological polar surface area (TPSA) is 101 Å². The van der Waals surface area contributed by atoms with Crippen molar-refractivity contribution in [3.63, 3.8) is 0 Å². The molecule has 0 amide bonds. The monoisotopic (exact) mass is 302 g/mol. The Balaban J connectivity index is 2.13. The molecule has 3 aromatic rings. The largest absolute Gasteiger partial charge is 0.478 e. The molecule has 0 unspecified atom stereocenters. The number of carboxylic acids is 1. The fourth-order valence-electron chi connectivity index (χ4n) is 1.90. The summed E-state index contributed by atoms with van der Waals surface area (Å²) in [5.74, 6) is -1.02. The molecule has 2 N–H and O–H groups in total. The van der Waals surface area contributed by atoms with Gasteiger partial charge in [0.05, 0.1) is 11.1 Å². The molecular weight excluding hydrogens is 292 g/mol. The molecule has 2 aromatic heterocycles. The van der Waals surface area contributed by atoms with E-state index < -0.39 is 5.97 Å². The Morgan fingerprint density at radius 3 is 2.81 bits per heavy atom. The quantitative estimate of drug-likeness (QED) is 0.760. The van der Waals surface area contributed by atoms with Gasteiger partial charge in [-0.25, -0.2) is 19.7 Å². The second-order valence-electron chi connectivity index (χ2n) is 4.30. The van der Waals surface area contributed by atoms with Gasteiger partial charge in [0.1, 0.15) is 5.03 Å². The van der Waals surface area contributed by atoms with Gasteiger partial charge in [-0.15, -0.1) is 5.10 Å². The third kappa shape index (κ3) is 2.40. The molecule has 0 spiro atoms. The summed E-state index contributed by atoms with van der Waals surface area (Å²) >= 11 is 1.13. The van der Waals surface area contributed by atoms with E-state index in [9.17, 15) is 14.7 Å². The Morgan fingerprint density at radius 1 is 1.38 bits per heavy atom. The van der Waals surface area contributed by atoms with Crippen molar-refractivity contribution >= 4 is 28.6 Å². The Morgan fingerprint density at radius 2 is 2.14 bits per heavy atom. The minimum atomic E-state index is -1.02. The lowest BCUT2D eigenvalue weighted by molar-refractivity contribution is 0.0698. The number of fused-ring (bicyclic) bond motifs is 1. The molecule has 7 nitrogen and oxygen atoms in total. The number of pyridine rings is 1. The van der Waals surface area contributed by atoms with Gasteiger partial charge in [-0.3, -0.25) is 4.57 Å². The summed E-state index contributed by atoms with van der Waals surface area (Å²) in [7, 11) is 1.58. The average Bonchev–Trinajstić information content (AvgIpc) is 2.78. The smallest absolute Gasteiger partial charge is 0.343 e. The molecule has 0 saturated carbocycles. The van der Waals surface area contributed by atoms with Crippen LogP contribution < -0.4 is 5.69 Å². The Hall–Kier alpha value is -2.61. The summed E-state index contributed by atoms with van der Waals surface area (Å²) < 4.78 is 1.34. The average molecular weight is 302 g/mol. The first-order valence-electron chi connectivity index (χ1n) is 5.98. The van der Waals surface area contributed by atoms with Crippen LogP contribution in [-0.4, -0.2) is 30.8 Å². The van der Waals surface area contributed by atoms with Crippen LogP contribution >= 0.6 is 11.8 Å². The van der Waals surface area contributed by atoms with Crippen LogP contribution in [0.3, 0.4) is 0 Å². The van der Waals surface area contributed by atoms with Crippen LogP contribution in [0.25, 0.3) is 10.9 Å². The van der Waals surface area contributed by atoms with Gasteiger partial charge in [0.15, 0.2) is 5.16 Å². The number of aromatic nitrogens is 4. The number of nitrogens with zero attached hydrogens (tertiary/aromatic N) is 3. The van der Waals surface area contributed by atoms with Crippen molar-refractivity contribution < 1.29 is 9.90 Å². The molecule has 0 atom stereocenters. The van der Waals surface area contributed by atoms with Crippen LogP contribution in [0.2, 0.25) is 0 Å². The van der Waals surface area contributed by atoms with E-state index in [-0.39, 0.29) is 11.3 Å². The second-order valence-corrected chi connectivity index (χ2v) is 5.29. The minimum Gasteiger partial charge on any atom is -0.478 e. The van der Waals surface area contributed by atoms with Gasteiger partial charge >= 0.3 is 11.7 Å². The number of aromatic amines is 1. The molecular formula is C13H10N4O3S. The number of hydrogen-bond donors (Lipinski definition) is 2. The van der Waals surface area contributed by atoms with Crippen LogP contribution in [0.4, 0.5) is 0 Å². The maximum absolute atomic E-state index is 11.4. The van der Waals surface area contributed by atoms with Gasteiger partial charge < -0.3 is 5.11 Å². The van der Waals surface area contributed by atoms with E-state index in [1.54, 1.807) is 31.3 Å². The normalized spacial score (nSPS) is 10.9. The summed E-state index contributed by atoms with van der Waals surface area (Å²) in [5, 5.41) is 17.0. The highest BCUT2D eigenvalue weighted by molar-refractivity contribution is 7.99. The van der Waals surface area contributed by atoms with Crippen LogP contribution in [0.15, 0.2) is 45.3 Å². The number of para-hydroxylation sites is 1. The van der Waals surface area contributed by atoms with Crippen molar-refractivity contribution in [1.82, 2.24) is 19.7 Å². The highest BCUT2D eigenvalue weighted by atomic mass is 32.2. The van der Waals surface area contributed by atoms with Crippen molar-refractivity contribution in [2.45, 2.75) is 10.2 Å². The number of rotatable bonds is 3. The molecule has 0 bridgehead atoms. The lowest BCUT2D eigenvalue weighted by atomic mass is 10.1. The second kappa shape index (κ2) is 5.06. The maximum atomic E-state index is 11.4. The zero-order valence-electron chi connectivity index (χ0n) is 10.9. The maximum Gasteiger partial charge on any atom is 0.343 e. The van der Waals surface area contributed by atoms with Gasteiger partial charge in [0.2, 0.25) is 0 Å². The van der Waals surface area contributed by atoms with Crippen molar-refractivity contribution in [2.75, 3.05) is 0 Å². The molecule has 0 saturated heterocycles. The Bertz CT molecular complexity index is 900. The predicted molar refractivity (Wildman–Crippen MR) is 76.7 cm³/mol. The summed E-state index contributed by atoms with van der Waals surface area (Å²) in [6.45, 7) is 0. The van der Waals surface area contributed by atoms with Crippen LogP contribution in [0.1, 0.15) is 10.4 Å². The number of aromatic carboxylic acids is 1. The highest BCUT2D eigenvalue weighted by Crippen LogP contribution is 2.27. The molecule has 21 heavy (non-hydrogen) atoms.